The van der Waals surface area contributed by atoms with Crippen molar-refractivity contribution < 1.29 is 4.39 Å². The van der Waals surface area contributed by atoms with Gasteiger partial charge in [-0.15, -0.1) is 0 Å². The highest BCUT2D eigenvalue weighted by Crippen LogP contribution is 2.63. The molecule has 2 nitrogen and oxygen atoms in total. The van der Waals surface area contributed by atoms with E-state index in [0.717, 1.165) is 23.3 Å². The number of benzene rings is 1. The summed E-state index contributed by atoms with van der Waals surface area (Å²) in [6.07, 6.45) is 8.18. The summed E-state index contributed by atoms with van der Waals surface area (Å²) in [6.45, 7) is 0. The minimum absolute atomic E-state index is 0.171. The number of rotatable bonds is 3. The first kappa shape index (κ1) is 12.8. The second kappa shape index (κ2) is 4.54. The minimum atomic E-state index is -0.171. The van der Waals surface area contributed by atoms with Gasteiger partial charge in [-0.05, 0) is 79.4 Å². The first-order chi connectivity index (χ1) is 9.68. The normalized spacial score (nSPS) is 40.0. The van der Waals surface area contributed by atoms with Crippen LogP contribution in [0.5, 0.6) is 0 Å². The zero-order valence-corrected chi connectivity index (χ0v) is 11.8. The van der Waals surface area contributed by atoms with Crippen molar-refractivity contribution in [3.05, 3.63) is 35.6 Å². The molecule has 0 heterocycles. The Hall–Kier alpha value is -0.930. The van der Waals surface area contributed by atoms with Gasteiger partial charge in [0.25, 0.3) is 0 Å². The molecule has 108 valence electrons. The fraction of sp³-hybridized carbons (Fsp3) is 0.647. The summed E-state index contributed by atoms with van der Waals surface area (Å²) in [5, 5.41) is 0. The van der Waals surface area contributed by atoms with Gasteiger partial charge in [-0.2, -0.15) is 0 Å². The molecular weight excluding hydrogens is 251 g/mol. The van der Waals surface area contributed by atoms with Crippen molar-refractivity contribution >= 4 is 0 Å². The molecule has 20 heavy (non-hydrogen) atoms. The second-order valence-electron chi connectivity index (χ2n) is 7.43. The molecule has 0 amide bonds. The Morgan fingerprint density at radius 2 is 1.50 bits per heavy atom. The van der Waals surface area contributed by atoms with Crippen LogP contribution in [-0.2, 0) is 0 Å². The van der Waals surface area contributed by atoms with Gasteiger partial charge in [0, 0.05) is 0 Å². The molecule has 0 saturated heterocycles. The van der Waals surface area contributed by atoms with Gasteiger partial charge >= 0.3 is 0 Å². The number of hydrogen-bond donors (Lipinski definition) is 2. The molecule has 4 aliphatic rings. The van der Waals surface area contributed by atoms with Gasteiger partial charge in [0.05, 0.1) is 6.04 Å². The SMILES string of the molecule is NNC(c1ccc(F)cc1)C12CC3CC(CC(C3)C1)C2. The van der Waals surface area contributed by atoms with E-state index >= 15 is 0 Å². The molecule has 1 unspecified atom stereocenters. The Morgan fingerprint density at radius 3 is 1.95 bits per heavy atom. The summed E-state index contributed by atoms with van der Waals surface area (Å²) < 4.78 is 13.2. The number of nitrogens with one attached hydrogen (secondary N) is 1. The topological polar surface area (TPSA) is 38.0 Å². The van der Waals surface area contributed by atoms with Crippen LogP contribution < -0.4 is 11.3 Å². The third-order valence-corrected chi connectivity index (χ3v) is 6.07. The maximum absolute atomic E-state index is 13.2. The molecule has 1 aromatic carbocycles. The standard InChI is InChI=1S/C17H23FN2/c18-15-3-1-14(2-4-15)16(20-19)17-8-11-5-12(9-17)7-13(6-11)10-17/h1-4,11-13,16,20H,5-10,19H2. The van der Waals surface area contributed by atoms with Gasteiger partial charge < -0.3 is 0 Å². The van der Waals surface area contributed by atoms with Crippen LogP contribution in [0.2, 0.25) is 0 Å². The van der Waals surface area contributed by atoms with E-state index in [0.29, 0.717) is 5.41 Å². The Balaban J connectivity index is 1.68. The lowest BCUT2D eigenvalue weighted by Gasteiger charge is -2.59. The summed E-state index contributed by atoms with van der Waals surface area (Å²) in [4.78, 5) is 0. The summed E-state index contributed by atoms with van der Waals surface area (Å²) in [7, 11) is 0. The molecule has 1 atom stereocenters. The third kappa shape index (κ3) is 1.91. The largest absolute Gasteiger partial charge is 0.271 e. The van der Waals surface area contributed by atoms with Gasteiger partial charge in [-0.1, -0.05) is 12.1 Å². The van der Waals surface area contributed by atoms with Crippen molar-refractivity contribution in [2.24, 2.45) is 29.0 Å². The zero-order valence-electron chi connectivity index (χ0n) is 11.8. The van der Waals surface area contributed by atoms with Crippen LogP contribution in [0.15, 0.2) is 24.3 Å². The summed E-state index contributed by atoms with van der Waals surface area (Å²) in [6, 6.07) is 7.09. The van der Waals surface area contributed by atoms with E-state index in [4.69, 9.17) is 5.84 Å². The van der Waals surface area contributed by atoms with Crippen LogP contribution in [-0.4, -0.2) is 0 Å². The molecular formula is C17H23FN2. The van der Waals surface area contributed by atoms with E-state index < -0.39 is 0 Å². The molecule has 4 aliphatic carbocycles. The van der Waals surface area contributed by atoms with E-state index in [1.807, 2.05) is 12.1 Å². The van der Waals surface area contributed by atoms with E-state index in [2.05, 4.69) is 5.43 Å². The molecule has 0 aliphatic heterocycles. The highest BCUT2D eigenvalue weighted by Gasteiger charge is 2.54. The Morgan fingerprint density at radius 1 is 1.00 bits per heavy atom. The van der Waals surface area contributed by atoms with Crippen LogP contribution in [0.3, 0.4) is 0 Å². The number of nitrogens with two attached hydrogens (primary N) is 1. The average Bonchev–Trinajstić information content (AvgIpc) is 2.40. The highest BCUT2D eigenvalue weighted by atomic mass is 19.1. The molecule has 5 rings (SSSR count). The van der Waals surface area contributed by atoms with E-state index in [-0.39, 0.29) is 11.9 Å². The quantitative estimate of drug-likeness (QED) is 0.653. The van der Waals surface area contributed by atoms with Crippen molar-refractivity contribution in [2.75, 3.05) is 0 Å². The summed E-state index contributed by atoms with van der Waals surface area (Å²) >= 11 is 0. The lowest BCUT2D eigenvalue weighted by Crippen LogP contribution is -2.53. The summed E-state index contributed by atoms with van der Waals surface area (Å²) in [5.74, 6) is 8.45. The Bertz CT molecular complexity index is 461. The maximum atomic E-state index is 13.2. The average molecular weight is 274 g/mol. The maximum Gasteiger partial charge on any atom is 0.123 e. The van der Waals surface area contributed by atoms with Crippen LogP contribution in [0.25, 0.3) is 0 Å². The zero-order chi connectivity index (χ0) is 13.7. The van der Waals surface area contributed by atoms with Crippen molar-refractivity contribution in [1.29, 1.82) is 0 Å². The van der Waals surface area contributed by atoms with Crippen molar-refractivity contribution in [3.63, 3.8) is 0 Å². The Kier molecular flexibility index (Phi) is 2.90. The van der Waals surface area contributed by atoms with E-state index in [9.17, 15) is 4.39 Å². The lowest BCUT2D eigenvalue weighted by atomic mass is 9.47. The molecule has 0 spiro atoms. The van der Waals surface area contributed by atoms with Crippen LogP contribution in [0, 0.1) is 29.0 Å². The van der Waals surface area contributed by atoms with Crippen LogP contribution in [0.1, 0.15) is 50.1 Å². The molecule has 4 bridgehead atoms. The number of hydrazine groups is 1. The molecule has 0 radical (unpaired) electrons. The second-order valence-corrected chi connectivity index (χ2v) is 7.43. The molecule has 4 fully saturated rings. The molecule has 1 aromatic rings. The molecule has 4 saturated carbocycles. The van der Waals surface area contributed by atoms with Gasteiger partial charge in [0.15, 0.2) is 0 Å². The first-order valence-corrected chi connectivity index (χ1v) is 7.90. The number of hydrogen-bond acceptors (Lipinski definition) is 2. The van der Waals surface area contributed by atoms with Crippen LogP contribution in [0.4, 0.5) is 4.39 Å². The smallest absolute Gasteiger partial charge is 0.123 e. The summed E-state index contributed by atoms with van der Waals surface area (Å²) in [5.41, 5.74) is 4.53. The highest BCUT2D eigenvalue weighted by molar-refractivity contribution is 5.24. The predicted molar refractivity (Wildman–Crippen MR) is 77.1 cm³/mol. The lowest BCUT2D eigenvalue weighted by molar-refractivity contribution is -0.0749. The fourth-order valence-corrected chi connectivity index (χ4v) is 5.81. The van der Waals surface area contributed by atoms with Gasteiger partial charge in [-0.3, -0.25) is 11.3 Å². The van der Waals surface area contributed by atoms with Crippen molar-refractivity contribution in [1.82, 2.24) is 5.43 Å². The predicted octanol–water partition coefficient (Wildman–Crippen LogP) is 3.55. The van der Waals surface area contributed by atoms with Gasteiger partial charge in [-0.25, -0.2) is 4.39 Å². The van der Waals surface area contributed by atoms with E-state index in [1.165, 1.54) is 38.5 Å². The molecule has 3 N–H and O–H groups in total. The minimum Gasteiger partial charge on any atom is -0.271 e. The van der Waals surface area contributed by atoms with Gasteiger partial charge in [0.1, 0.15) is 5.82 Å². The number of halogens is 1. The van der Waals surface area contributed by atoms with Crippen LogP contribution >= 0.6 is 0 Å². The van der Waals surface area contributed by atoms with E-state index in [1.54, 1.807) is 12.1 Å². The molecule has 0 aromatic heterocycles. The monoisotopic (exact) mass is 274 g/mol. The molecule has 3 heteroatoms. The van der Waals surface area contributed by atoms with Crippen molar-refractivity contribution in [3.8, 4) is 0 Å². The fourth-order valence-electron chi connectivity index (χ4n) is 5.81. The Labute approximate surface area is 119 Å². The van der Waals surface area contributed by atoms with Crippen molar-refractivity contribution in [2.45, 2.75) is 44.6 Å². The van der Waals surface area contributed by atoms with Gasteiger partial charge in [0.2, 0.25) is 0 Å². The first-order valence-electron chi connectivity index (χ1n) is 7.90. The third-order valence-electron chi connectivity index (χ3n) is 6.07.